The van der Waals surface area contributed by atoms with Crippen molar-refractivity contribution in [2.24, 2.45) is 0 Å². The number of benzene rings is 1. The second-order valence-electron chi connectivity index (χ2n) is 4.67. The third kappa shape index (κ3) is 2.75. The Kier molecular flexibility index (Phi) is 3.67. The molecule has 106 valence electrons. The molecule has 0 fully saturated rings. The van der Waals surface area contributed by atoms with Crippen molar-refractivity contribution >= 4 is 21.6 Å². The summed E-state index contributed by atoms with van der Waals surface area (Å²) in [6, 6.07) is 7.91. The lowest BCUT2D eigenvalue weighted by atomic mass is 10.3. The van der Waals surface area contributed by atoms with Gasteiger partial charge in [-0.3, -0.25) is 4.79 Å². The van der Waals surface area contributed by atoms with Gasteiger partial charge in [0.2, 0.25) is 5.91 Å². The number of aromatic nitrogens is 1. The third-order valence-electron chi connectivity index (χ3n) is 2.84. The normalized spacial score (nSPS) is 11.3. The molecule has 0 aliphatic rings. The van der Waals surface area contributed by atoms with Crippen molar-refractivity contribution in [2.45, 2.75) is 25.7 Å². The molecule has 1 amide bonds. The van der Waals surface area contributed by atoms with Crippen molar-refractivity contribution in [3.63, 3.8) is 0 Å². The zero-order valence-electron chi connectivity index (χ0n) is 11.5. The lowest BCUT2D eigenvalue weighted by Gasteiger charge is -2.09. The summed E-state index contributed by atoms with van der Waals surface area (Å²) in [6.07, 6.45) is 1.59. The highest BCUT2D eigenvalue weighted by Crippen LogP contribution is 2.20. The zero-order valence-corrected chi connectivity index (χ0v) is 12.4. The second kappa shape index (κ2) is 5.13. The van der Waals surface area contributed by atoms with Crippen molar-refractivity contribution in [1.29, 1.82) is 0 Å². The van der Waals surface area contributed by atoms with Crippen LogP contribution in [0, 0.1) is 13.8 Å². The van der Waals surface area contributed by atoms with E-state index in [4.69, 9.17) is 0 Å². The highest BCUT2D eigenvalue weighted by Gasteiger charge is 2.18. The van der Waals surface area contributed by atoms with Crippen LogP contribution in [0.15, 0.2) is 41.4 Å². The molecule has 1 aromatic carbocycles. The van der Waals surface area contributed by atoms with Crippen LogP contribution < -0.4 is 5.32 Å². The molecule has 20 heavy (non-hydrogen) atoms. The lowest BCUT2D eigenvalue weighted by Crippen LogP contribution is -2.13. The zero-order chi connectivity index (χ0) is 14.9. The van der Waals surface area contributed by atoms with Gasteiger partial charge in [-0.05, 0) is 49.7 Å². The van der Waals surface area contributed by atoms with E-state index in [0.29, 0.717) is 11.4 Å². The van der Waals surface area contributed by atoms with E-state index >= 15 is 0 Å². The highest BCUT2D eigenvalue weighted by molar-refractivity contribution is 7.90. The minimum absolute atomic E-state index is 0.185. The maximum absolute atomic E-state index is 12.5. The molecule has 5 nitrogen and oxygen atoms in total. The van der Waals surface area contributed by atoms with Crippen LogP contribution in [0.5, 0.6) is 0 Å². The van der Waals surface area contributed by atoms with Crippen molar-refractivity contribution < 1.29 is 13.2 Å². The van der Waals surface area contributed by atoms with Crippen LogP contribution in [-0.2, 0) is 14.8 Å². The molecule has 0 unspecified atom stereocenters. The van der Waals surface area contributed by atoms with Gasteiger partial charge < -0.3 is 5.32 Å². The Morgan fingerprint density at radius 3 is 2.20 bits per heavy atom. The first-order valence-electron chi connectivity index (χ1n) is 6.09. The minimum Gasteiger partial charge on any atom is -0.326 e. The first-order chi connectivity index (χ1) is 9.30. The summed E-state index contributed by atoms with van der Waals surface area (Å²) in [7, 11) is -3.59. The van der Waals surface area contributed by atoms with E-state index in [1.54, 1.807) is 25.3 Å². The predicted octanol–water partition coefficient (Wildman–Crippen LogP) is 2.30. The first-order valence-corrected chi connectivity index (χ1v) is 7.53. The molecule has 0 bridgehead atoms. The molecule has 0 aliphatic heterocycles. The SMILES string of the molecule is CC(=O)Nc1ccc(S(=O)(=O)n2cc(C)cc2C)cc1. The molecule has 2 rings (SSSR count). The average Bonchev–Trinajstić information content (AvgIpc) is 2.69. The summed E-state index contributed by atoms with van der Waals surface area (Å²) < 4.78 is 26.2. The Labute approximate surface area is 118 Å². The number of aryl methyl sites for hydroxylation is 2. The van der Waals surface area contributed by atoms with Gasteiger partial charge in [-0.15, -0.1) is 0 Å². The quantitative estimate of drug-likeness (QED) is 0.943. The number of carbonyl (C=O) groups is 1. The number of anilines is 1. The summed E-state index contributed by atoms with van der Waals surface area (Å²) in [6.45, 7) is 4.99. The van der Waals surface area contributed by atoms with Crippen LogP contribution in [0.2, 0.25) is 0 Å². The van der Waals surface area contributed by atoms with E-state index in [0.717, 1.165) is 5.56 Å². The Hall–Kier alpha value is -2.08. The molecule has 0 saturated heterocycles. The van der Waals surface area contributed by atoms with Crippen molar-refractivity contribution in [2.75, 3.05) is 5.32 Å². The van der Waals surface area contributed by atoms with E-state index in [1.807, 2.05) is 13.0 Å². The number of nitrogens with one attached hydrogen (secondary N) is 1. The van der Waals surface area contributed by atoms with Gasteiger partial charge in [0, 0.05) is 24.5 Å². The Bertz CT molecular complexity index is 743. The van der Waals surface area contributed by atoms with Gasteiger partial charge >= 0.3 is 0 Å². The second-order valence-corrected chi connectivity index (χ2v) is 6.48. The molecule has 1 N–H and O–H groups in total. The molecular formula is C14H16N2O3S. The van der Waals surface area contributed by atoms with Gasteiger partial charge in [0.1, 0.15) is 0 Å². The van der Waals surface area contributed by atoms with Gasteiger partial charge in [-0.25, -0.2) is 12.4 Å². The van der Waals surface area contributed by atoms with E-state index in [1.165, 1.54) is 23.0 Å². The smallest absolute Gasteiger partial charge is 0.267 e. The van der Waals surface area contributed by atoms with Gasteiger partial charge in [-0.1, -0.05) is 0 Å². The van der Waals surface area contributed by atoms with Crippen molar-refractivity contribution in [3.8, 4) is 0 Å². The van der Waals surface area contributed by atoms with E-state index in [9.17, 15) is 13.2 Å². The Morgan fingerprint density at radius 2 is 1.75 bits per heavy atom. The van der Waals surface area contributed by atoms with Crippen LogP contribution in [-0.4, -0.2) is 18.3 Å². The summed E-state index contributed by atoms with van der Waals surface area (Å²) in [5, 5.41) is 2.60. The van der Waals surface area contributed by atoms with Crippen LogP contribution >= 0.6 is 0 Å². The van der Waals surface area contributed by atoms with Gasteiger partial charge in [0.15, 0.2) is 0 Å². The van der Waals surface area contributed by atoms with E-state index in [2.05, 4.69) is 5.32 Å². The number of nitrogens with zero attached hydrogens (tertiary/aromatic N) is 1. The number of hydrogen-bond acceptors (Lipinski definition) is 3. The third-order valence-corrected chi connectivity index (χ3v) is 4.62. The lowest BCUT2D eigenvalue weighted by molar-refractivity contribution is -0.114. The van der Waals surface area contributed by atoms with E-state index < -0.39 is 10.0 Å². The number of rotatable bonds is 3. The molecule has 6 heteroatoms. The number of hydrogen-bond donors (Lipinski definition) is 1. The summed E-state index contributed by atoms with van der Waals surface area (Å²) in [4.78, 5) is 11.1. The standard InChI is InChI=1S/C14H16N2O3S/c1-10-8-11(2)16(9-10)20(18,19)14-6-4-13(5-7-14)15-12(3)17/h4-9H,1-3H3,(H,15,17). The van der Waals surface area contributed by atoms with Crippen LogP contribution in [0.25, 0.3) is 0 Å². The topological polar surface area (TPSA) is 68.2 Å². The summed E-state index contributed by atoms with van der Waals surface area (Å²) in [5.74, 6) is -0.197. The van der Waals surface area contributed by atoms with Crippen LogP contribution in [0.3, 0.4) is 0 Å². The fraction of sp³-hybridized carbons (Fsp3) is 0.214. The first kappa shape index (κ1) is 14.3. The molecule has 1 aromatic heterocycles. The van der Waals surface area contributed by atoms with Crippen molar-refractivity contribution in [3.05, 3.63) is 47.8 Å². The summed E-state index contributed by atoms with van der Waals surface area (Å²) >= 11 is 0. The molecule has 2 aromatic rings. The monoisotopic (exact) mass is 292 g/mol. The molecule has 0 spiro atoms. The Balaban J connectivity index is 2.40. The van der Waals surface area contributed by atoms with E-state index in [-0.39, 0.29) is 10.8 Å². The van der Waals surface area contributed by atoms with Gasteiger partial charge in [0.05, 0.1) is 4.90 Å². The van der Waals surface area contributed by atoms with Gasteiger partial charge in [-0.2, -0.15) is 0 Å². The maximum atomic E-state index is 12.5. The molecule has 0 aliphatic carbocycles. The fourth-order valence-electron chi connectivity index (χ4n) is 2.00. The molecule has 1 heterocycles. The summed E-state index contributed by atoms with van der Waals surface area (Å²) in [5.41, 5.74) is 2.12. The molecule has 0 atom stereocenters. The highest BCUT2D eigenvalue weighted by atomic mass is 32.2. The molecule has 0 saturated carbocycles. The minimum atomic E-state index is -3.59. The maximum Gasteiger partial charge on any atom is 0.267 e. The van der Waals surface area contributed by atoms with Crippen molar-refractivity contribution in [1.82, 2.24) is 3.97 Å². The largest absolute Gasteiger partial charge is 0.326 e. The fourth-order valence-corrected chi connectivity index (χ4v) is 3.45. The average molecular weight is 292 g/mol. The molecule has 0 radical (unpaired) electrons. The predicted molar refractivity (Wildman–Crippen MR) is 77.2 cm³/mol. The van der Waals surface area contributed by atoms with Crippen LogP contribution in [0.1, 0.15) is 18.2 Å². The molecular weight excluding hydrogens is 276 g/mol. The Morgan fingerprint density at radius 1 is 1.15 bits per heavy atom. The number of amides is 1. The van der Waals surface area contributed by atoms with Crippen LogP contribution in [0.4, 0.5) is 5.69 Å². The van der Waals surface area contributed by atoms with Gasteiger partial charge in [0.25, 0.3) is 10.0 Å². The number of carbonyl (C=O) groups excluding carboxylic acids is 1.